The summed E-state index contributed by atoms with van der Waals surface area (Å²) < 4.78 is 28.1. The Labute approximate surface area is 415 Å². The van der Waals surface area contributed by atoms with Crippen molar-refractivity contribution in [3.63, 3.8) is 0 Å². The summed E-state index contributed by atoms with van der Waals surface area (Å²) in [5.41, 5.74) is 13.8. The van der Waals surface area contributed by atoms with Gasteiger partial charge in [-0.05, 0) is 62.7 Å². The maximum absolute atomic E-state index is 13.7. The molecule has 0 bridgehead atoms. The van der Waals surface area contributed by atoms with Crippen molar-refractivity contribution in [3.8, 4) is 61.6 Å². The van der Waals surface area contributed by atoms with Crippen molar-refractivity contribution in [2.45, 2.75) is 37.0 Å². The van der Waals surface area contributed by atoms with Crippen molar-refractivity contribution in [1.29, 1.82) is 0 Å². The van der Waals surface area contributed by atoms with Crippen LogP contribution in [0, 0.1) is 24.0 Å². The van der Waals surface area contributed by atoms with E-state index in [-0.39, 0.29) is 25.9 Å². The Morgan fingerprint density at radius 1 is 0.612 bits per heavy atom. The van der Waals surface area contributed by atoms with Crippen LogP contribution in [0.15, 0.2) is 194 Å². The van der Waals surface area contributed by atoms with Gasteiger partial charge in [-0.25, -0.2) is 4.39 Å². The Balaban J connectivity index is 0.000000232. The molecule has 2 aromatic heterocycles. The molecule has 0 radical (unpaired) electrons. The summed E-state index contributed by atoms with van der Waals surface area (Å²) in [6, 6.07) is 75.9. The summed E-state index contributed by atoms with van der Waals surface area (Å²) >= 11 is -0.243. The van der Waals surface area contributed by atoms with Crippen molar-refractivity contribution >= 4 is 60.2 Å². The van der Waals surface area contributed by atoms with Crippen LogP contribution in [0.2, 0.25) is 17.3 Å². The third kappa shape index (κ3) is 9.27. The number of hydrogen-bond acceptors (Lipinski definition) is 2. The molecule has 2 heterocycles. The Hall–Kier alpha value is -6.21. The van der Waals surface area contributed by atoms with Gasteiger partial charge in [0.2, 0.25) is 0 Å². The zero-order chi connectivity index (χ0) is 46.3. The molecule has 67 heavy (non-hydrogen) atoms. The molecular weight excluding hydrogens is 1080 g/mol. The van der Waals surface area contributed by atoms with Crippen molar-refractivity contribution in [2.75, 3.05) is 0 Å². The maximum atomic E-state index is 13.7. The number of benzene rings is 9. The van der Waals surface area contributed by atoms with E-state index in [4.69, 9.17) is 6.35 Å². The van der Waals surface area contributed by atoms with Gasteiger partial charge in [-0.3, -0.25) is 4.98 Å². The maximum Gasteiger partial charge on any atom is 3.00 e. The molecule has 0 unspecified atom stereocenters. The molecule has 0 aliphatic carbocycles. The molecule has 0 spiro atoms. The Kier molecular flexibility index (Phi) is 13.0. The van der Waals surface area contributed by atoms with Gasteiger partial charge in [0.25, 0.3) is 0 Å². The number of fused-ring (bicyclic) bond motifs is 4. The summed E-state index contributed by atoms with van der Waals surface area (Å²) in [5, 5.41) is 2.35. The fraction of sp³-hybridized carbons (Fsp3) is 0.0984. The summed E-state index contributed by atoms with van der Waals surface area (Å²) in [7, 11) is 0. The predicted molar refractivity (Wildman–Crippen MR) is 281 cm³/mol. The van der Waals surface area contributed by atoms with Gasteiger partial charge in [-0.15, -0.1) is 18.2 Å². The van der Waals surface area contributed by atoms with E-state index in [2.05, 4.69) is 173 Å². The zero-order valence-corrected chi connectivity index (χ0v) is 43.3. The van der Waals surface area contributed by atoms with Crippen molar-refractivity contribution in [3.05, 3.63) is 224 Å². The molecule has 2 nitrogen and oxygen atoms in total. The zero-order valence-electron chi connectivity index (χ0n) is 39.0. The van der Waals surface area contributed by atoms with Crippen LogP contribution in [-0.4, -0.2) is 22.8 Å². The van der Waals surface area contributed by atoms with Gasteiger partial charge in [0.05, 0.1) is 22.5 Å². The third-order valence-corrected chi connectivity index (χ3v) is 17.6. The second-order valence-corrected chi connectivity index (χ2v) is 29.4. The standard InChI is InChI=1S/C43H26FN2S.C18H22Ge.Ir/c44-32-24-21-28(22-25-32)31-23-26-35-36-17-10-18-37(42(36)47-40(35)27-31)43-45-38-19-7-8-20-39(38)46(43)41-33(29-11-3-1-4-12-29)15-9-16-34(41)30-13-5-2-6-14-30;1-14(2)17-13-16(15-9-7-6-8-10-15)11-12-18(17)19(3,4)5;/h1-17,19-27H;6-9,12-14H,1-5H3;/q-1;-2;+3/i;14D;. The normalized spacial score (nSPS) is 11.8. The summed E-state index contributed by atoms with van der Waals surface area (Å²) in [6.07, 6.45) is 0. The topological polar surface area (TPSA) is 17.8 Å². The first-order chi connectivity index (χ1) is 32.4. The first kappa shape index (κ1) is 44.6. The molecule has 11 rings (SSSR count). The van der Waals surface area contributed by atoms with Gasteiger partial charge in [-0.2, -0.15) is 11.3 Å². The number of para-hydroxylation sites is 3. The quantitative estimate of drug-likeness (QED) is 0.110. The number of thiophene rings is 1. The van der Waals surface area contributed by atoms with E-state index in [1.54, 1.807) is 11.3 Å². The molecule has 0 amide bonds. The van der Waals surface area contributed by atoms with Gasteiger partial charge in [-0.1, -0.05) is 126 Å². The van der Waals surface area contributed by atoms with Gasteiger partial charge >= 0.3 is 141 Å². The number of aromatic nitrogens is 2. The van der Waals surface area contributed by atoms with E-state index in [1.165, 1.54) is 32.0 Å². The number of imidazole rings is 1. The van der Waals surface area contributed by atoms with Gasteiger partial charge in [0.15, 0.2) is 0 Å². The van der Waals surface area contributed by atoms with E-state index in [0.29, 0.717) is 0 Å². The molecule has 0 N–H and O–H groups in total. The monoisotopic (exact) mass is 1130 g/mol. The van der Waals surface area contributed by atoms with Crippen LogP contribution in [-0.2, 0) is 20.1 Å². The van der Waals surface area contributed by atoms with Crippen molar-refractivity contribution in [1.82, 2.24) is 9.55 Å². The average Bonchev–Trinajstić information content (AvgIpc) is 3.93. The van der Waals surface area contributed by atoms with Gasteiger partial charge in [0, 0.05) is 15.8 Å². The van der Waals surface area contributed by atoms with Crippen molar-refractivity contribution in [2.24, 2.45) is 0 Å². The van der Waals surface area contributed by atoms with E-state index in [0.717, 1.165) is 82.9 Å². The Morgan fingerprint density at radius 2 is 1.27 bits per heavy atom. The van der Waals surface area contributed by atoms with Crippen LogP contribution in [0.5, 0.6) is 0 Å². The van der Waals surface area contributed by atoms with Crippen LogP contribution in [0.4, 0.5) is 4.39 Å². The number of rotatable bonds is 8. The van der Waals surface area contributed by atoms with Crippen LogP contribution >= 0.6 is 11.3 Å². The van der Waals surface area contributed by atoms with Gasteiger partial charge < -0.3 is 4.57 Å². The van der Waals surface area contributed by atoms with Crippen LogP contribution in [0.3, 0.4) is 0 Å². The molecule has 0 aliphatic rings. The number of halogens is 1. The minimum absolute atomic E-state index is 0. The molecule has 6 heteroatoms. The minimum atomic E-state index is -1.99. The summed E-state index contributed by atoms with van der Waals surface area (Å²) in [4.78, 5) is 5.33. The molecule has 0 aliphatic heterocycles. The number of hydrogen-bond donors (Lipinski definition) is 0. The molecule has 0 atom stereocenters. The third-order valence-electron chi connectivity index (χ3n) is 12.1. The Morgan fingerprint density at radius 3 is 1.93 bits per heavy atom. The summed E-state index contributed by atoms with van der Waals surface area (Å²) in [6.45, 7) is 3.94. The van der Waals surface area contributed by atoms with Gasteiger partial charge in [0.1, 0.15) is 5.82 Å². The fourth-order valence-electron chi connectivity index (χ4n) is 8.88. The molecule has 9 aromatic carbocycles. The smallest absolute Gasteiger partial charge is 3.00 e. The van der Waals surface area contributed by atoms with E-state index >= 15 is 0 Å². The fourth-order valence-corrected chi connectivity index (χ4v) is 13.5. The van der Waals surface area contributed by atoms with Crippen LogP contribution in [0.1, 0.15) is 26.7 Å². The predicted octanol–water partition coefficient (Wildman–Crippen LogP) is 16.6. The average molecular weight is 1130 g/mol. The van der Waals surface area contributed by atoms with Crippen LogP contribution in [0.25, 0.3) is 92.8 Å². The first-order valence-electron chi connectivity index (χ1n) is 22.8. The van der Waals surface area contributed by atoms with Crippen molar-refractivity contribution < 1.29 is 25.9 Å². The molecule has 0 saturated heterocycles. The minimum Gasteiger partial charge on any atom is 3.00 e. The second-order valence-electron chi connectivity index (χ2n) is 17.8. The van der Waals surface area contributed by atoms with E-state index in [1.807, 2.05) is 62.4 Å². The summed E-state index contributed by atoms with van der Waals surface area (Å²) in [5.74, 6) is 7.14. The molecule has 0 fully saturated rings. The molecular formula is C61H48FGeIrN2S. The second kappa shape index (κ2) is 19.6. The molecule has 0 saturated carbocycles. The van der Waals surface area contributed by atoms with E-state index in [9.17, 15) is 4.39 Å². The van der Waals surface area contributed by atoms with Crippen LogP contribution < -0.4 is 4.40 Å². The molecule has 11 aromatic rings. The van der Waals surface area contributed by atoms with E-state index < -0.39 is 19.2 Å². The molecule has 328 valence electrons. The Bertz CT molecular complexity index is 3480. The first-order valence-corrected chi connectivity index (χ1v) is 30.5. The largest absolute Gasteiger partial charge is 3.00 e. The SMILES string of the molecule is Fc1ccc(-c2ccc3c(c2)sc2c(-c4nc5ccccc5n4-c4c(-c5ccccc5)cccc4-c4ccccc4)[c-]ccc23)cc1.[2H]C(C)(C)c1cc(-c2[c-]cccc2)[c-]c[c]1[Ge]([CH3])([CH3])[CH3].[Ir+3]. The number of nitrogens with zero attached hydrogens (tertiary/aromatic N) is 2.